The second kappa shape index (κ2) is 10.5. The van der Waals surface area contributed by atoms with Crippen LogP contribution in [0.1, 0.15) is 25.3 Å². The maximum absolute atomic E-state index is 15.1. The maximum Gasteiger partial charge on any atom is 0.204 e. The van der Waals surface area contributed by atoms with Crippen LogP contribution in [0.4, 0.5) is 10.1 Å². The van der Waals surface area contributed by atoms with Crippen LogP contribution in [-0.4, -0.2) is 75.2 Å². The highest BCUT2D eigenvalue weighted by Crippen LogP contribution is 2.20. The van der Waals surface area contributed by atoms with E-state index in [2.05, 4.69) is 41.4 Å². The Hall–Kier alpha value is -2.28. The normalized spacial score (nSPS) is 18.5. The molecule has 29 heavy (non-hydrogen) atoms. The number of nitrogens with one attached hydrogen (secondary N) is 2. The fraction of sp³-hybridized carbons (Fsp3) is 0.591. The maximum atomic E-state index is 15.1. The Bertz CT molecular complexity index is 692. The molecule has 0 amide bonds. The van der Waals surface area contributed by atoms with Crippen LogP contribution in [0.3, 0.4) is 0 Å². The zero-order chi connectivity index (χ0) is 20.6. The standard InChI is InChI=1S/C22H34FN5O/c1-3-4-5-18-6-8-19(9-7-18)26-10-12-27(13-11-26)21(24)20(23)22(25-2)28-14-16-29-17-15-28/h6-9,24-25H,3-5,10-17H2,1-2H3/b22-20-,24-21?. The van der Waals surface area contributed by atoms with Gasteiger partial charge in [-0.2, -0.15) is 4.39 Å². The molecule has 2 saturated heterocycles. The first-order chi connectivity index (χ1) is 14.1. The SMILES string of the molecule is CCCCc1ccc(N2CCN(C(=N)/C(F)=C(\NC)N3CCOCC3)CC2)cc1. The molecule has 2 N–H and O–H groups in total. The van der Waals surface area contributed by atoms with E-state index in [1.165, 1.54) is 24.1 Å². The molecule has 0 atom stereocenters. The van der Waals surface area contributed by atoms with Gasteiger partial charge in [0, 0.05) is 52.0 Å². The molecule has 1 aromatic rings. The third-order valence-corrected chi connectivity index (χ3v) is 5.70. The number of hydrogen-bond donors (Lipinski definition) is 2. The van der Waals surface area contributed by atoms with Gasteiger partial charge in [-0.15, -0.1) is 0 Å². The van der Waals surface area contributed by atoms with E-state index < -0.39 is 5.83 Å². The molecule has 0 unspecified atom stereocenters. The highest BCUT2D eigenvalue weighted by atomic mass is 19.1. The highest BCUT2D eigenvalue weighted by Gasteiger charge is 2.26. The quantitative estimate of drug-likeness (QED) is 0.542. The Morgan fingerprint density at radius 3 is 2.28 bits per heavy atom. The van der Waals surface area contributed by atoms with Gasteiger partial charge in [0.1, 0.15) is 5.82 Å². The molecule has 3 rings (SSSR count). The second-order valence-corrected chi connectivity index (χ2v) is 7.60. The van der Waals surface area contributed by atoms with Crippen LogP contribution < -0.4 is 10.2 Å². The lowest BCUT2D eigenvalue weighted by Crippen LogP contribution is -2.49. The molecule has 2 fully saturated rings. The lowest BCUT2D eigenvalue weighted by molar-refractivity contribution is 0.0496. The predicted octanol–water partition coefficient (Wildman–Crippen LogP) is 2.82. The number of hydrogen-bond acceptors (Lipinski definition) is 5. The molecule has 7 heteroatoms. The molecule has 2 aliphatic rings. The van der Waals surface area contributed by atoms with E-state index in [1.807, 2.05) is 9.80 Å². The van der Waals surface area contributed by atoms with Crippen LogP contribution in [0.2, 0.25) is 0 Å². The van der Waals surface area contributed by atoms with Crippen LogP contribution in [0.5, 0.6) is 0 Å². The van der Waals surface area contributed by atoms with Gasteiger partial charge in [-0.3, -0.25) is 5.41 Å². The van der Waals surface area contributed by atoms with Gasteiger partial charge in [-0.25, -0.2) is 0 Å². The molecular weight excluding hydrogens is 369 g/mol. The number of amidine groups is 1. The monoisotopic (exact) mass is 403 g/mol. The average molecular weight is 404 g/mol. The largest absolute Gasteiger partial charge is 0.378 e. The molecule has 0 aromatic heterocycles. The fourth-order valence-electron chi connectivity index (χ4n) is 3.89. The Morgan fingerprint density at radius 2 is 1.69 bits per heavy atom. The van der Waals surface area contributed by atoms with Crippen molar-refractivity contribution in [3.8, 4) is 0 Å². The van der Waals surface area contributed by atoms with Gasteiger partial charge in [0.05, 0.1) is 13.2 Å². The number of benzene rings is 1. The number of morpholine rings is 1. The molecule has 0 bridgehead atoms. The molecule has 0 aliphatic carbocycles. The number of ether oxygens (including phenoxy) is 1. The summed E-state index contributed by atoms with van der Waals surface area (Å²) in [4.78, 5) is 6.07. The third kappa shape index (κ3) is 5.41. The van der Waals surface area contributed by atoms with E-state index in [9.17, 15) is 0 Å². The molecule has 0 radical (unpaired) electrons. The number of anilines is 1. The van der Waals surface area contributed by atoms with Crippen molar-refractivity contribution in [2.45, 2.75) is 26.2 Å². The number of nitrogens with zero attached hydrogens (tertiary/aromatic N) is 3. The fourth-order valence-corrected chi connectivity index (χ4v) is 3.89. The Kier molecular flexibility index (Phi) is 7.75. The van der Waals surface area contributed by atoms with Crippen LogP contribution in [0, 0.1) is 5.41 Å². The minimum atomic E-state index is -0.483. The number of piperazine rings is 1. The van der Waals surface area contributed by atoms with Gasteiger partial charge in [0.15, 0.2) is 5.84 Å². The molecule has 2 heterocycles. The van der Waals surface area contributed by atoms with E-state index in [0.717, 1.165) is 19.5 Å². The van der Waals surface area contributed by atoms with Crippen molar-refractivity contribution >= 4 is 11.5 Å². The Morgan fingerprint density at radius 1 is 1.03 bits per heavy atom. The van der Waals surface area contributed by atoms with Gasteiger partial charge in [-0.1, -0.05) is 25.5 Å². The van der Waals surface area contributed by atoms with Crippen molar-refractivity contribution in [2.24, 2.45) is 0 Å². The minimum absolute atomic E-state index is 0.0320. The van der Waals surface area contributed by atoms with Gasteiger partial charge >= 0.3 is 0 Å². The number of rotatable bonds is 7. The molecule has 160 valence electrons. The summed E-state index contributed by atoms with van der Waals surface area (Å²) in [6.07, 6.45) is 3.56. The van der Waals surface area contributed by atoms with Crippen molar-refractivity contribution in [3.63, 3.8) is 0 Å². The van der Waals surface area contributed by atoms with Gasteiger partial charge in [0.2, 0.25) is 5.83 Å². The van der Waals surface area contributed by atoms with Gasteiger partial charge in [-0.05, 0) is 30.5 Å². The first kappa shape index (κ1) is 21.4. The van der Waals surface area contributed by atoms with Crippen molar-refractivity contribution in [2.75, 3.05) is 64.4 Å². The van der Waals surface area contributed by atoms with E-state index in [4.69, 9.17) is 10.1 Å². The Balaban J connectivity index is 1.57. The molecule has 1 aromatic carbocycles. The topological polar surface area (TPSA) is 54.8 Å². The second-order valence-electron chi connectivity index (χ2n) is 7.60. The van der Waals surface area contributed by atoms with E-state index in [1.54, 1.807) is 7.05 Å². The van der Waals surface area contributed by atoms with E-state index in [-0.39, 0.29) is 5.84 Å². The molecule has 0 spiro atoms. The van der Waals surface area contributed by atoms with Crippen LogP contribution in [0.25, 0.3) is 0 Å². The van der Waals surface area contributed by atoms with Gasteiger partial charge < -0.3 is 24.8 Å². The summed E-state index contributed by atoms with van der Waals surface area (Å²) < 4.78 is 20.4. The zero-order valence-corrected chi connectivity index (χ0v) is 17.7. The van der Waals surface area contributed by atoms with Crippen molar-refractivity contribution in [1.29, 1.82) is 5.41 Å². The smallest absolute Gasteiger partial charge is 0.204 e. The minimum Gasteiger partial charge on any atom is -0.378 e. The van der Waals surface area contributed by atoms with Crippen LogP contribution in [-0.2, 0) is 11.2 Å². The van der Waals surface area contributed by atoms with E-state index in [0.29, 0.717) is 45.2 Å². The number of aryl methyl sites for hydroxylation is 1. The number of unbranched alkanes of at least 4 members (excludes halogenated alkanes) is 1. The summed E-state index contributed by atoms with van der Waals surface area (Å²) >= 11 is 0. The molecular formula is C22H34FN5O. The summed E-state index contributed by atoms with van der Waals surface area (Å²) in [7, 11) is 1.71. The molecule has 0 saturated carbocycles. The van der Waals surface area contributed by atoms with Crippen molar-refractivity contribution < 1.29 is 9.13 Å². The Labute approximate surface area is 173 Å². The highest BCUT2D eigenvalue weighted by molar-refractivity contribution is 5.94. The summed E-state index contributed by atoms with van der Waals surface area (Å²) in [5, 5.41) is 11.3. The lowest BCUT2D eigenvalue weighted by Gasteiger charge is -2.38. The third-order valence-electron chi connectivity index (χ3n) is 5.70. The zero-order valence-electron chi connectivity index (χ0n) is 17.7. The number of halogens is 1. The summed E-state index contributed by atoms with van der Waals surface area (Å²) in [5.41, 5.74) is 2.59. The van der Waals surface area contributed by atoms with E-state index >= 15 is 4.39 Å². The van der Waals surface area contributed by atoms with Crippen LogP contribution in [0.15, 0.2) is 35.9 Å². The first-order valence-corrected chi connectivity index (χ1v) is 10.7. The van der Waals surface area contributed by atoms with Crippen LogP contribution >= 0.6 is 0 Å². The lowest BCUT2D eigenvalue weighted by atomic mass is 10.1. The van der Waals surface area contributed by atoms with Crippen molar-refractivity contribution in [1.82, 2.24) is 15.1 Å². The summed E-state index contributed by atoms with van der Waals surface area (Å²) in [6.45, 7) is 7.52. The summed E-state index contributed by atoms with van der Waals surface area (Å²) in [5.74, 6) is -0.123. The van der Waals surface area contributed by atoms with Crippen molar-refractivity contribution in [3.05, 3.63) is 41.5 Å². The predicted molar refractivity (Wildman–Crippen MR) is 116 cm³/mol. The average Bonchev–Trinajstić information content (AvgIpc) is 2.79. The van der Waals surface area contributed by atoms with Gasteiger partial charge in [0.25, 0.3) is 0 Å². The summed E-state index contributed by atoms with van der Waals surface area (Å²) in [6, 6.07) is 8.79. The molecule has 2 aliphatic heterocycles. The first-order valence-electron chi connectivity index (χ1n) is 10.7. The molecule has 6 nitrogen and oxygen atoms in total.